The van der Waals surface area contributed by atoms with Gasteiger partial charge in [-0.2, -0.15) is 4.98 Å². The van der Waals surface area contributed by atoms with E-state index in [9.17, 15) is 0 Å². The fourth-order valence-corrected chi connectivity index (χ4v) is 1.99. The first-order chi connectivity index (χ1) is 10.1. The number of nitrogens with one attached hydrogen (secondary N) is 1. The molecule has 112 valence electrons. The molecule has 0 aliphatic carbocycles. The molecular weight excluding hydrogens is 286 g/mol. The fraction of sp³-hybridized carbons (Fsp3) is 0.375. The third-order valence-electron chi connectivity index (χ3n) is 2.96. The van der Waals surface area contributed by atoms with Gasteiger partial charge in [0.05, 0.1) is 5.02 Å². The van der Waals surface area contributed by atoms with Crippen molar-refractivity contribution in [2.75, 3.05) is 6.54 Å². The van der Waals surface area contributed by atoms with Gasteiger partial charge in [0, 0.05) is 24.0 Å². The van der Waals surface area contributed by atoms with E-state index in [1.54, 1.807) is 18.3 Å². The standard InChI is InChI=1S/C16H20ClN3O/c1-11(2)8-18-9-13-10-19-16(20-12(13)3)21-15-7-5-4-6-14(15)17/h4-7,10-11,18H,8-9H2,1-3H3. The minimum atomic E-state index is 0.313. The minimum absolute atomic E-state index is 0.313. The molecule has 0 bridgehead atoms. The number of aromatic nitrogens is 2. The zero-order chi connectivity index (χ0) is 15.2. The van der Waals surface area contributed by atoms with Crippen LogP contribution in [0.4, 0.5) is 0 Å². The van der Waals surface area contributed by atoms with Crippen LogP contribution in [0.15, 0.2) is 30.5 Å². The van der Waals surface area contributed by atoms with Crippen LogP contribution in [0.3, 0.4) is 0 Å². The number of para-hydroxylation sites is 1. The molecular formula is C16H20ClN3O. The molecule has 0 saturated carbocycles. The number of halogens is 1. The molecule has 0 amide bonds. The first-order valence-electron chi connectivity index (χ1n) is 7.02. The molecule has 5 heteroatoms. The van der Waals surface area contributed by atoms with Crippen molar-refractivity contribution < 1.29 is 4.74 Å². The molecule has 0 fully saturated rings. The monoisotopic (exact) mass is 305 g/mol. The van der Waals surface area contributed by atoms with Crippen molar-refractivity contribution in [3.8, 4) is 11.8 Å². The molecule has 0 radical (unpaired) electrons. The minimum Gasteiger partial charge on any atom is -0.423 e. The average molecular weight is 306 g/mol. The Balaban J connectivity index is 2.03. The number of hydrogen-bond donors (Lipinski definition) is 1. The Hall–Kier alpha value is -1.65. The van der Waals surface area contributed by atoms with Crippen molar-refractivity contribution in [1.82, 2.24) is 15.3 Å². The molecule has 0 atom stereocenters. The van der Waals surface area contributed by atoms with Gasteiger partial charge in [-0.3, -0.25) is 0 Å². The van der Waals surface area contributed by atoms with Crippen molar-refractivity contribution in [3.05, 3.63) is 46.7 Å². The maximum absolute atomic E-state index is 6.05. The van der Waals surface area contributed by atoms with Crippen LogP contribution in [0.25, 0.3) is 0 Å². The summed E-state index contributed by atoms with van der Waals surface area (Å²) in [7, 11) is 0. The Labute approximate surface area is 130 Å². The molecule has 0 saturated heterocycles. The largest absolute Gasteiger partial charge is 0.423 e. The second kappa shape index (κ2) is 7.38. The van der Waals surface area contributed by atoms with E-state index in [2.05, 4.69) is 29.1 Å². The van der Waals surface area contributed by atoms with Crippen molar-refractivity contribution >= 4 is 11.6 Å². The van der Waals surface area contributed by atoms with E-state index in [0.717, 1.165) is 24.3 Å². The highest BCUT2D eigenvalue weighted by Gasteiger charge is 2.07. The van der Waals surface area contributed by atoms with Crippen molar-refractivity contribution in [2.45, 2.75) is 27.3 Å². The van der Waals surface area contributed by atoms with Crippen LogP contribution in [-0.2, 0) is 6.54 Å². The van der Waals surface area contributed by atoms with Crippen molar-refractivity contribution in [2.24, 2.45) is 5.92 Å². The zero-order valence-corrected chi connectivity index (χ0v) is 13.3. The molecule has 1 aromatic carbocycles. The Morgan fingerprint density at radius 3 is 2.71 bits per heavy atom. The van der Waals surface area contributed by atoms with Crippen LogP contribution in [0.1, 0.15) is 25.1 Å². The maximum atomic E-state index is 6.05. The van der Waals surface area contributed by atoms with Gasteiger partial charge in [0.1, 0.15) is 5.75 Å². The van der Waals surface area contributed by atoms with Crippen molar-refractivity contribution in [1.29, 1.82) is 0 Å². The Morgan fingerprint density at radius 1 is 1.29 bits per heavy atom. The van der Waals surface area contributed by atoms with Gasteiger partial charge >= 0.3 is 6.01 Å². The molecule has 1 heterocycles. The third kappa shape index (κ3) is 4.69. The molecule has 1 aromatic heterocycles. The van der Waals surface area contributed by atoms with Crippen LogP contribution in [0.2, 0.25) is 5.02 Å². The average Bonchev–Trinajstić information content (AvgIpc) is 2.43. The van der Waals surface area contributed by atoms with Crippen molar-refractivity contribution in [3.63, 3.8) is 0 Å². The lowest BCUT2D eigenvalue weighted by molar-refractivity contribution is 0.439. The number of aryl methyl sites for hydroxylation is 1. The lowest BCUT2D eigenvalue weighted by atomic mass is 10.2. The molecule has 0 aliphatic heterocycles. The second-order valence-corrected chi connectivity index (χ2v) is 5.73. The predicted molar refractivity (Wildman–Crippen MR) is 84.8 cm³/mol. The molecule has 2 rings (SSSR count). The van der Waals surface area contributed by atoms with Crippen LogP contribution in [-0.4, -0.2) is 16.5 Å². The van der Waals surface area contributed by atoms with E-state index in [1.165, 1.54) is 0 Å². The van der Waals surface area contributed by atoms with Gasteiger partial charge < -0.3 is 10.1 Å². The van der Waals surface area contributed by atoms with Gasteiger partial charge in [-0.15, -0.1) is 0 Å². The number of hydrogen-bond acceptors (Lipinski definition) is 4. The number of ether oxygens (including phenoxy) is 1. The maximum Gasteiger partial charge on any atom is 0.322 e. The first kappa shape index (κ1) is 15.7. The molecule has 21 heavy (non-hydrogen) atoms. The highest BCUT2D eigenvalue weighted by Crippen LogP contribution is 2.27. The Kier molecular flexibility index (Phi) is 5.53. The van der Waals surface area contributed by atoms with E-state index < -0.39 is 0 Å². The van der Waals surface area contributed by atoms with E-state index >= 15 is 0 Å². The van der Waals surface area contributed by atoms with Gasteiger partial charge in [0.25, 0.3) is 0 Å². The highest BCUT2D eigenvalue weighted by atomic mass is 35.5. The van der Waals surface area contributed by atoms with Gasteiger partial charge in [-0.05, 0) is 31.5 Å². The van der Waals surface area contributed by atoms with E-state index in [-0.39, 0.29) is 0 Å². The van der Waals surface area contributed by atoms with Gasteiger partial charge in [-0.1, -0.05) is 37.6 Å². The van der Waals surface area contributed by atoms with Crippen LogP contribution in [0.5, 0.6) is 11.8 Å². The number of benzene rings is 1. The molecule has 0 unspecified atom stereocenters. The first-order valence-corrected chi connectivity index (χ1v) is 7.39. The summed E-state index contributed by atoms with van der Waals surface area (Å²) >= 11 is 6.05. The van der Waals surface area contributed by atoms with E-state index in [1.807, 2.05) is 19.1 Å². The quantitative estimate of drug-likeness (QED) is 0.877. The lowest BCUT2D eigenvalue weighted by Crippen LogP contribution is -2.20. The predicted octanol–water partition coefficient (Wildman–Crippen LogP) is 3.98. The van der Waals surface area contributed by atoms with E-state index in [0.29, 0.717) is 22.7 Å². The smallest absolute Gasteiger partial charge is 0.322 e. The molecule has 1 N–H and O–H groups in total. The van der Waals surface area contributed by atoms with Crippen LogP contribution in [0, 0.1) is 12.8 Å². The zero-order valence-electron chi connectivity index (χ0n) is 12.6. The highest BCUT2D eigenvalue weighted by molar-refractivity contribution is 6.32. The Bertz CT molecular complexity index is 602. The fourth-order valence-electron chi connectivity index (χ4n) is 1.81. The van der Waals surface area contributed by atoms with E-state index in [4.69, 9.17) is 16.3 Å². The number of nitrogens with zero attached hydrogens (tertiary/aromatic N) is 2. The third-order valence-corrected chi connectivity index (χ3v) is 3.28. The summed E-state index contributed by atoms with van der Waals surface area (Å²) in [6.07, 6.45) is 1.79. The van der Waals surface area contributed by atoms with Gasteiger partial charge in [0.15, 0.2) is 0 Å². The normalized spacial score (nSPS) is 10.9. The Morgan fingerprint density at radius 2 is 2.05 bits per heavy atom. The topological polar surface area (TPSA) is 47.0 Å². The summed E-state index contributed by atoms with van der Waals surface area (Å²) in [5, 5.41) is 3.92. The molecule has 0 spiro atoms. The van der Waals surface area contributed by atoms with Gasteiger partial charge in [0.2, 0.25) is 0 Å². The lowest BCUT2D eigenvalue weighted by Gasteiger charge is -2.10. The number of rotatable bonds is 6. The van der Waals surface area contributed by atoms with Crippen LogP contribution < -0.4 is 10.1 Å². The molecule has 0 aliphatic rings. The summed E-state index contributed by atoms with van der Waals surface area (Å²) in [5.41, 5.74) is 1.98. The summed E-state index contributed by atoms with van der Waals surface area (Å²) in [6, 6.07) is 7.59. The summed E-state index contributed by atoms with van der Waals surface area (Å²) < 4.78 is 5.61. The molecule has 4 nitrogen and oxygen atoms in total. The second-order valence-electron chi connectivity index (χ2n) is 5.32. The summed E-state index contributed by atoms with van der Waals surface area (Å²) in [4.78, 5) is 8.62. The SMILES string of the molecule is Cc1nc(Oc2ccccc2Cl)ncc1CNCC(C)C. The summed E-state index contributed by atoms with van der Waals surface area (Å²) in [6.45, 7) is 8.04. The van der Waals surface area contributed by atoms with Crippen LogP contribution >= 0.6 is 11.6 Å². The van der Waals surface area contributed by atoms with Gasteiger partial charge in [-0.25, -0.2) is 4.98 Å². The molecule has 2 aromatic rings. The summed E-state index contributed by atoms with van der Waals surface area (Å²) in [5.74, 6) is 1.18.